The van der Waals surface area contributed by atoms with Gasteiger partial charge >= 0.3 is 0 Å². The summed E-state index contributed by atoms with van der Waals surface area (Å²) in [6.07, 6.45) is 4.10. The standard InChI is InChI=1S/C21H29N2O2P/c22-15-7-8-16-23-17-13-19(14-18-23)25-26(24,20-9-3-1-4-10-20)21-11-5-2-6-12-21/h1-6,9-12,19H,7-8,13-18,22H2. The Labute approximate surface area is 156 Å². The fraction of sp³-hybridized carbons (Fsp3) is 0.429. The van der Waals surface area contributed by atoms with Gasteiger partial charge in [-0.3, -0.25) is 4.57 Å². The van der Waals surface area contributed by atoms with E-state index in [0.717, 1.165) is 62.5 Å². The summed E-state index contributed by atoms with van der Waals surface area (Å²) in [5.74, 6) is 0. The van der Waals surface area contributed by atoms with Gasteiger partial charge in [0.2, 0.25) is 0 Å². The molecule has 0 radical (unpaired) electrons. The summed E-state index contributed by atoms with van der Waals surface area (Å²) in [5, 5.41) is 1.55. The second-order valence-corrected chi connectivity index (χ2v) is 9.21. The lowest BCUT2D eigenvalue weighted by Gasteiger charge is -2.34. The lowest BCUT2D eigenvalue weighted by molar-refractivity contribution is 0.105. The van der Waals surface area contributed by atoms with Crippen molar-refractivity contribution in [2.45, 2.75) is 31.8 Å². The first-order valence-corrected chi connectivity index (χ1v) is 11.2. The van der Waals surface area contributed by atoms with Gasteiger partial charge in [-0.05, 0) is 63.0 Å². The summed E-state index contributed by atoms with van der Waals surface area (Å²) < 4.78 is 20.3. The predicted octanol–water partition coefficient (Wildman–Crippen LogP) is 3.14. The minimum atomic E-state index is -3.07. The lowest BCUT2D eigenvalue weighted by atomic mass is 10.1. The van der Waals surface area contributed by atoms with Crippen LogP contribution in [-0.4, -0.2) is 37.2 Å². The molecule has 26 heavy (non-hydrogen) atoms. The molecular formula is C21H29N2O2P. The van der Waals surface area contributed by atoms with Gasteiger partial charge < -0.3 is 15.2 Å². The van der Waals surface area contributed by atoms with Crippen LogP contribution in [0.3, 0.4) is 0 Å². The molecule has 0 bridgehead atoms. The zero-order chi connectivity index (χ0) is 18.2. The van der Waals surface area contributed by atoms with Gasteiger partial charge in [-0.25, -0.2) is 0 Å². The second kappa shape index (κ2) is 9.48. The largest absolute Gasteiger partial charge is 0.330 e. The molecule has 0 amide bonds. The summed E-state index contributed by atoms with van der Waals surface area (Å²) >= 11 is 0. The van der Waals surface area contributed by atoms with Gasteiger partial charge in [0.15, 0.2) is 0 Å². The van der Waals surface area contributed by atoms with Crippen LogP contribution >= 0.6 is 7.37 Å². The van der Waals surface area contributed by atoms with Crippen LogP contribution in [-0.2, 0) is 9.09 Å². The number of hydrogen-bond donors (Lipinski definition) is 1. The predicted molar refractivity (Wildman–Crippen MR) is 109 cm³/mol. The Balaban J connectivity index is 1.69. The quantitative estimate of drug-likeness (QED) is 0.571. The van der Waals surface area contributed by atoms with E-state index in [2.05, 4.69) is 4.90 Å². The molecule has 2 N–H and O–H groups in total. The summed E-state index contributed by atoms with van der Waals surface area (Å²) in [4.78, 5) is 2.46. The van der Waals surface area contributed by atoms with Crippen molar-refractivity contribution < 1.29 is 9.09 Å². The van der Waals surface area contributed by atoms with Crippen molar-refractivity contribution in [3.8, 4) is 0 Å². The normalized spacial score (nSPS) is 16.7. The molecular weight excluding hydrogens is 343 g/mol. The third-order valence-corrected chi connectivity index (χ3v) is 7.50. The Morgan fingerprint density at radius 1 is 0.923 bits per heavy atom. The summed E-state index contributed by atoms with van der Waals surface area (Å²) in [6, 6.07) is 19.2. The topological polar surface area (TPSA) is 55.6 Å². The number of nitrogens with two attached hydrogens (primary N) is 1. The van der Waals surface area contributed by atoms with E-state index in [4.69, 9.17) is 10.3 Å². The molecule has 0 saturated carbocycles. The van der Waals surface area contributed by atoms with Gasteiger partial charge in [0, 0.05) is 23.7 Å². The van der Waals surface area contributed by atoms with E-state index in [0.29, 0.717) is 0 Å². The van der Waals surface area contributed by atoms with Crippen LogP contribution in [0.5, 0.6) is 0 Å². The van der Waals surface area contributed by atoms with Crippen LogP contribution in [0.4, 0.5) is 0 Å². The number of benzene rings is 2. The molecule has 5 heteroatoms. The maximum absolute atomic E-state index is 13.9. The molecule has 0 atom stereocenters. The van der Waals surface area contributed by atoms with E-state index < -0.39 is 7.37 Å². The van der Waals surface area contributed by atoms with E-state index in [1.165, 1.54) is 0 Å². The maximum Gasteiger partial charge on any atom is 0.261 e. The maximum atomic E-state index is 13.9. The first kappa shape index (κ1) is 19.3. The fourth-order valence-electron chi connectivity index (χ4n) is 3.45. The molecule has 1 aliphatic rings. The number of rotatable bonds is 8. The number of likely N-dealkylation sites (tertiary alicyclic amines) is 1. The van der Waals surface area contributed by atoms with Crippen molar-refractivity contribution in [2.24, 2.45) is 5.73 Å². The van der Waals surface area contributed by atoms with Crippen molar-refractivity contribution in [3.63, 3.8) is 0 Å². The molecule has 1 heterocycles. The summed E-state index contributed by atoms with van der Waals surface area (Å²) in [7, 11) is -3.07. The van der Waals surface area contributed by atoms with Gasteiger partial charge in [-0.2, -0.15) is 0 Å². The monoisotopic (exact) mass is 372 g/mol. The number of nitrogens with zero attached hydrogens (tertiary/aromatic N) is 1. The first-order valence-electron chi connectivity index (χ1n) is 9.54. The molecule has 0 unspecified atom stereocenters. The van der Waals surface area contributed by atoms with Crippen LogP contribution in [0.15, 0.2) is 60.7 Å². The Morgan fingerprint density at radius 3 is 1.96 bits per heavy atom. The van der Waals surface area contributed by atoms with Gasteiger partial charge in [0.25, 0.3) is 7.37 Å². The Hall–Kier alpha value is -1.45. The zero-order valence-corrected chi connectivity index (χ0v) is 16.2. The SMILES string of the molecule is NCCCCN1CCC(OP(=O)(c2ccccc2)c2ccccc2)CC1. The van der Waals surface area contributed by atoms with Crippen molar-refractivity contribution >= 4 is 18.0 Å². The zero-order valence-electron chi connectivity index (χ0n) is 15.3. The highest BCUT2D eigenvalue weighted by Crippen LogP contribution is 2.47. The van der Waals surface area contributed by atoms with E-state index in [1.807, 2.05) is 60.7 Å². The van der Waals surface area contributed by atoms with E-state index >= 15 is 0 Å². The van der Waals surface area contributed by atoms with Crippen molar-refractivity contribution in [3.05, 3.63) is 60.7 Å². The molecule has 1 saturated heterocycles. The highest BCUT2D eigenvalue weighted by molar-refractivity contribution is 7.74. The summed E-state index contributed by atoms with van der Waals surface area (Å²) in [5.41, 5.74) is 5.58. The molecule has 0 aliphatic carbocycles. The van der Waals surface area contributed by atoms with Crippen molar-refractivity contribution in [1.29, 1.82) is 0 Å². The van der Waals surface area contributed by atoms with E-state index in [1.54, 1.807) is 0 Å². The van der Waals surface area contributed by atoms with Crippen LogP contribution in [0.25, 0.3) is 0 Å². The Bertz CT molecular complexity index is 657. The molecule has 1 aliphatic heterocycles. The molecule has 2 aromatic carbocycles. The Morgan fingerprint density at radius 2 is 1.46 bits per heavy atom. The fourth-order valence-corrected chi connectivity index (χ4v) is 5.75. The number of unbranched alkanes of at least 4 members (excludes halogenated alkanes) is 1. The number of piperidine rings is 1. The summed E-state index contributed by atoms with van der Waals surface area (Å²) in [6.45, 7) is 3.85. The first-order chi connectivity index (χ1) is 12.7. The van der Waals surface area contributed by atoms with Gasteiger partial charge in [0.05, 0.1) is 6.10 Å². The van der Waals surface area contributed by atoms with Crippen molar-refractivity contribution in [2.75, 3.05) is 26.2 Å². The highest BCUT2D eigenvalue weighted by atomic mass is 31.2. The van der Waals surface area contributed by atoms with Crippen LogP contribution in [0.1, 0.15) is 25.7 Å². The smallest absolute Gasteiger partial charge is 0.261 e. The molecule has 140 valence electrons. The highest BCUT2D eigenvalue weighted by Gasteiger charge is 2.33. The molecule has 0 aromatic heterocycles. The van der Waals surface area contributed by atoms with Gasteiger partial charge in [0.1, 0.15) is 0 Å². The molecule has 1 fully saturated rings. The second-order valence-electron chi connectivity index (χ2n) is 6.86. The van der Waals surface area contributed by atoms with Crippen LogP contribution in [0, 0.1) is 0 Å². The van der Waals surface area contributed by atoms with Gasteiger partial charge in [-0.15, -0.1) is 0 Å². The average molecular weight is 372 g/mol. The third kappa shape index (κ3) is 4.83. The molecule has 2 aromatic rings. The minimum Gasteiger partial charge on any atom is -0.330 e. The van der Waals surface area contributed by atoms with Gasteiger partial charge in [-0.1, -0.05) is 36.4 Å². The van der Waals surface area contributed by atoms with E-state index in [-0.39, 0.29) is 6.10 Å². The van der Waals surface area contributed by atoms with Crippen LogP contribution in [0.2, 0.25) is 0 Å². The van der Waals surface area contributed by atoms with Crippen LogP contribution < -0.4 is 16.3 Å². The molecule has 4 nitrogen and oxygen atoms in total. The van der Waals surface area contributed by atoms with E-state index in [9.17, 15) is 4.57 Å². The lowest BCUT2D eigenvalue weighted by Crippen LogP contribution is -2.38. The number of hydrogen-bond acceptors (Lipinski definition) is 4. The third-order valence-electron chi connectivity index (χ3n) is 4.95. The average Bonchev–Trinajstić information content (AvgIpc) is 2.71. The minimum absolute atomic E-state index is 0.0343. The Kier molecular flexibility index (Phi) is 7.04. The van der Waals surface area contributed by atoms with Crippen molar-refractivity contribution in [1.82, 2.24) is 4.90 Å². The molecule has 3 rings (SSSR count). The molecule has 0 spiro atoms.